The molecule has 0 spiro atoms. The van der Waals surface area contributed by atoms with Crippen molar-refractivity contribution in [1.29, 1.82) is 0 Å². The summed E-state index contributed by atoms with van der Waals surface area (Å²) in [6.07, 6.45) is 1.39. The fraction of sp³-hybridized carbons (Fsp3) is 0.562. The zero-order chi connectivity index (χ0) is 17.6. The van der Waals surface area contributed by atoms with E-state index in [0.29, 0.717) is 0 Å². The van der Waals surface area contributed by atoms with Crippen molar-refractivity contribution in [1.82, 2.24) is 16.0 Å². The summed E-state index contributed by atoms with van der Waals surface area (Å²) in [6, 6.07) is 2.35. The summed E-state index contributed by atoms with van der Waals surface area (Å²) >= 11 is 0. The van der Waals surface area contributed by atoms with Gasteiger partial charge in [0.05, 0.1) is 12.8 Å². The van der Waals surface area contributed by atoms with Crippen LogP contribution in [-0.2, 0) is 9.59 Å². The number of nitrogens with one attached hydrogen (secondary N) is 3. The topological polar surface area (TPSA) is 100 Å². The maximum absolute atomic E-state index is 12.2. The normalized spacial score (nSPS) is 12.6. The molecule has 1 aromatic heterocycles. The minimum Gasteiger partial charge on any atom is -0.459 e. The van der Waals surface area contributed by atoms with Crippen LogP contribution in [0.5, 0.6) is 0 Å². The molecule has 0 saturated carbocycles. The Morgan fingerprint density at radius 2 is 1.87 bits per heavy atom. The van der Waals surface area contributed by atoms with Gasteiger partial charge in [0, 0.05) is 5.54 Å². The second kappa shape index (κ2) is 7.80. The lowest BCUT2D eigenvalue weighted by Gasteiger charge is -2.23. The molecule has 3 amide bonds. The SMILES string of the molecule is CC(C)C(NC(=O)c1ccco1)C(=O)NCC(=O)NC(C)(C)C. The Kier molecular flexibility index (Phi) is 6.36. The average molecular weight is 323 g/mol. The lowest BCUT2D eigenvalue weighted by molar-refractivity contribution is -0.128. The average Bonchev–Trinajstić information content (AvgIpc) is 2.93. The van der Waals surface area contributed by atoms with Crippen molar-refractivity contribution in [2.24, 2.45) is 5.92 Å². The van der Waals surface area contributed by atoms with Crippen LogP contribution in [0.4, 0.5) is 0 Å². The van der Waals surface area contributed by atoms with Gasteiger partial charge in [0.25, 0.3) is 5.91 Å². The van der Waals surface area contributed by atoms with E-state index in [1.54, 1.807) is 6.07 Å². The van der Waals surface area contributed by atoms with Crippen LogP contribution >= 0.6 is 0 Å². The second-order valence-electron chi connectivity index (χ2n) is 6.69. The molecule has 0 aliphatic rings. The van der Waals surface area contributed by atoms with Gasteiger partial charge in [-0.2, -0.15) is 0 Å². The molecule has 0 aliphatic heterocycles. The molecular formula is C16H25N3O4. The van der Waals surface area contributed by atoms with E-state index in [2.05, 4.69) is 16.0 Å². The summed E-state index contributed by atoms with van der Waals surface area (Å²) in [5.41, 5.74) is -0.368. The minimum absolute atomic E-state index is 0.133. The van der Waals surface area contributed by atoms with Gasteiger partial charge in [-0.15, -0.1) is 0 Å². The van der Waals surface area contributed by atoms with Crippen LogP contribution in [0.1, 0.15) is 45.2 Å². The smallest absolute Gasteiger partial charge is 0.287 e. The fourth-order valence-electron chi connectivity index (χ4n) is 1.89. The monoisotopic (exact) mass is 323 g/mol. The third-order valence-corrected chi connectivity index (χ3v) is 2.92. The summed E-state index contributed by atoms with van der Waals surface area (Å²) in [5, 5.41) is 7.90. The molecule has 1 heterocycles. The van der Waals surface area contributed by atoms with E-state index < -0.39 is 17.9 Å². The van der Waals surface area contributed by atoms with Crippen LogP contribution < -0.4 is 16.0 Å². The van der Waals surface area contributed by atoms with Gasteiger partial charge in [-0.25, -0.2) is 0 Å². The summed E-state index contributed by atoms with van der Waals surface area (Å²) in [7, 11) is 0. The van der Waals surface area contributed by atoms with E-state index in [4.69, 9.17) is 4.42 Å². The van der Waals surface area contributed by atoms with Gasteiger partial charge < -0.3 is 20.4 Å². The predicted octanol–water partition coefficient (Wildman–Crippen LogP) is 1.06. The molecule has 1 atom stereocenters. The first kappa shape index (κ1) is 18.7. The minimum atomic E-state index is -0.755. The van der Waals surface area contributed by atoms with Crippen molar-refractivity contribution in [2.75, 3.05) is 6.54 Å². The molecule has 1 aromatic rings. The van der Waals surface area contributed by atoms with E-state index in [1.165, 1.54) is 12.3 Å². The molecule has 0 radical (unpaired) electrons. The van der Waals surface area contributed by atoms with Gasteiger partial charge in [0.2, 0.25) is 11.8 Å². The van der Waals surface area contributed by atoms with Crippen molar-refractivity contribution in [2.45, 2.75) is 46.2 Å². The maximum atomic E-state index is 12.2. The highest BCUT2D eigenvalue weighted by molar-refractivity contribution is 5.96. The van der Waals surface area contributed by atoms with Crippen molar-refractivity contribution in [3.05, 3.63) is 24.2 Å². The Bertz CT molecular complexity index is 544. The highest BCUT2D eigenvalue weighted by Crippen LogP contribution is 2.06. The fourth-order valence-corrected chi connectivity index (χ4v) is 1.89. The lowest BCUT2D eigenvalue weighted by Crippen LogP contribution is -2.52. The Morgan fingerprint density at radius 3 is 2.35 bits per heavy atom. The van der Waals surface area contributed by atoms with Crippen LogP contribution in [0.15, 0.2) is 22.8 Å². The maximum Gasteiger partial charge on any atom is 0.287 e. The summed E-state index contributed by atoms with van der Waals surface area (Å²) in [6.45, 7) is 9.04. The van der Waals surface area contributed by atoms with Crippen molar-refractivity contribution < 1.29 is 18.8 Å². The Morgan fingerprint density at radius 1 is 1.22 bits per heavy atom. The van der Waals surface area contributed by atoms with Gasteiger partial charge in [-0.05, 0) is 38.8 Å². The van der Waals surface area contributed by atoms with Crippen molar-refractivity contribution >= 4 is 17.7 Å². The molecule has 7 heteroatoms. The molecule has 128 valence electrons. The Labute approximate surface area is 136 Å². The first-order valence-electron chi connectivity index (χ1n) is 7.53. The zero-order valence-electron chi connectivity index (χ0n) is 14.2. The third kappa shape index (κ3) is 6.54. The zero-order valence-corrected chi connectivity index (χ0v) is 14.2. The van der Waals surface area contributed by atoms with Gasteiger partial charge >= 0.3 is 0 Å². The van der Waals surface area contributed by atoms with Gasteiger partial charge in [-0.3, -0.25) is 14.4 Å². The lowest BCUT2D eigenvalue weighted by atomic mass is 10.0. The molecule has 1 rings (SSSR count). The molecule has 0 fully saturated rings. The molecule has 0 bridgehead atoms. The quantitative estimate of drug-likeness (QED) is 0.729. The molecule has 23 heavy (non-hydrogen) atoms. The number of carbonyl (C=O) groups is 3. The number of furan rings is 1. The molecule has 1 unspecified atom stereocenters. The third-order valence-electron chi connectivity index (χ3n) is 2.92. The number of rotatable bonds is 6. The first-order valence-corrected chi connectivity index (χ1v) is 7.53. The van der Waals surface area contributed by atoms with E-state index in [1.807, 2.05) is 34.6 Å². The predicted molar refractivity (Wildman–Crippen MR) is 85.7 cm³/mol. The number of carbonyl (C=O) groups excluding carboxylic acids is 3. The van der Waals surface area contributed by atoms with Gasteiger partial charge in [-0.1, -0.05) is 13.8 Å². The van der Waals surface area contributed by atoms with E-state index in [9.17, 15) is 14.4 Å². The van der Waals surface area contributed by atoms with Crippen LogP contribution in [0.2, 0.25) is 0 Å². The van der Waals surface area contributed by atoms with Crippen molar-refractivity contribution in [3.63, 3.8) is 0 Å². The van der Waals surface area contributed by atoms with Crippen LogP contribution in [-0.4, -0.2) is 35.8 Å². The van der Waals surface area contributed by atoms with E-state index >= 15 is 0 Å². The highest BCUT2D eigenvalue weighted by Gasteiger charge is 2.26. The van der Waals surface area contributed by atoms with Gasteiger partial charge in [0.1, 0.15) is 6.04 Å². The molecule has 7 nitrogen and oxygen atoms in total. The highest BCUT2D eigenvalue weighted by atomic mass is 16.3. The summed E-state index contributed by atoms with van der Waals surface area (Å²) < 4.78 is 5.00. The summed E-state index contributed by atoms with van der Waals surface area (Å²) in [5.74, 6) is -1.17. The second-order valence-corrected chi connectivity index (χ2v) is 6.69. The standard InChI is InChI=1S/C16H25N3O4/c1-10(2)13(18-14(21)11-7-6-8-23-11)15(22)17-9-12(20)19-16(3,4)5/h6-8,10,13H,9H2,1-5H3,(H,17,22)(H,18,21)(H,19,20). The van der Waals surface area contributed by atoms with Gasteiger partial charge in [0.15, 0.2) is 5.76 Å². The summed E-state index contributed by atoms with van der Waals surface area (Å²) in [4.78, 5) is 35.9. The number of hydrogen-bond donors (Lipinski definition) is 3. The van der Waals surface area contributed by atoms with Crippen LogP contribution in [0, 0.1) is 5.92 Å². The van der Waals surface area contributed by atoms with Crippen molar-refractivity contribution in [3.8, 4) is 0 Å². The largest absolute Gasteiger partial charge is 0.459 e. The number of amides is 3. The van der Waals surface area contributed by atoms with E-state index in [0.717, 1.165) is 0 Å². The molecule has 0 saturated heterocycles. The molecule has 3 N–H and O–H groups in total. The van der Waals surface area contributed by atoms with Crippen LogP contribution in [0.3, 0.4) is 0 Å². The molecular weight excluding hydrogens is 298 g/mol. The Hall–Kier alpha value is -2.31. The number of hydrogen-bond acceptors (Lipinski definition) is 4. The Balaban J connectivity index is 2.58. The molecule has 0 aromatic carbocycles. The van der Waals surface area contributed by atoms with E-state index in [-0.39, 0.29) is 29.7 Å². The van der Waals surface area contributed by atoms with Crippen LogP contribution in [0.25, 0.3) is 0 Å². The first-order chi connectivity index (χ1) is 10.6. The molecule has 0 aliphatic carbocycles.